The molecule has 0 N–H and O–H groups in total. The van der Waals surface area contributed by atoms with Crippen LogP contribution in [0.4, 0.5) is 0 Å². The van der Waals surface area contributed by atoms with Crippen molar-refractivity contribution in [1.82, 2.24) is 0 Å². The summed E-state index contributed by atoms with van der Waals surface area (Å²) < 4.78 is 5.15. The number of Topliss-reactive ketones (excluding diaryl/α,β-unsaturated/α-hetero) is 1. The summed E-state index contributed by atoms with van der Waals surface area (Å²) in [6.07, 6.45) is 0.432. The van der Waals surface area contributed by atoms with Crippen molar-refractivity contribution in [3.05, 3.63) is 27.8 Å². The fourth-order valence-electron chi connectivity index (χ4n) is 1.63. The standard InChI is InChI=1S/C12H15ClO2/c1-7-5-11(15-4)12(13)9(3)10(7)6-8(2)14/h5H,6H2,1-4H3. The summed E-state index contributed by atoms with van der Waals surface area (Å²) in [4.78, 5) is 11.1. The third kappa shape index (κ3) is 2.51. The Kier molecular flexibility index (Phi) is 3.75. The molecule has 0 saturated heterocycles. The van der Waals surface area contributed by atoms with E-state index in [-0.39, 0.29) is 5.78 Å². The molecule has 0 aliphatic carbocycles. The number of halogens is 1. The Hall–Kier alpha value is -1.02. The zero-order valence-electron chi connectivity index (χ0n) is 9.48. The van der Waals surface area contributed by atoms with Gasteiger partial charge < -0.3 is 4.74 Å². The van der Waals surface area contributed by atoms with Gasteiger partial charge in [0, 0.05) is 6.42 Å². The summed E-state index contributed by atoms with van der Waals surface area (Å²) in [7, 11) is 1.59. The van der Waals surface area contributed by atoms with Crippen molar-refractivity contribution in [3.63, 3.8) is 0 Å². The molecule has 15 heavy (non-hydrogen) atoms. The minimum absolute atomic E-state index is 0.141. The highest BCUT2D eigenvalue weighted by atomic mass is 35.5. The summed E-state index contributed by atoms with van der Waals surface area (Å²) in [5, 5.41) is 0.597. The van der Waals surface area contributed by atoms with Crippen LogP contribution in [0.3, 0.4) is 0 Å². The predicted molar refractivity (Wildman–Crippen MR) is 61.9 cm³/mol. The van der Waals surface area contributed by atoms with E-state index in [1.165, 1.54) is 0 Å². The second-order valence-electron chi connectivity index (χ2n) is 3.69. The van der Waals surface area contributed by atoms with Gasteiger partial charge in [0.15, 0.2) is 0 Å². The molecule has 0 radical (unpaired) electrons. The van der Waals surface area contributed by atoms with Gasteiger partial charge in [0.05, 0.1) is 12.1 Å². The van der Waals surface area contributed by atoms with Gasteiger partial charge in [-0.3, -0.25) is 4.79 Å². The van der Waals surface area contributed by atoms with Gasteiger partial charge in [-0.25, -0.2) is 0 Å². The first-order chi connectivity index (χ1) is 6.97. The Morgan fingerprint density at radius 3 is 2.53 bits per heavy atom. The number of hydrogen-bond acceptors (Lipinski definition) is 2. The van der Waals surface area contributed by atoms with E-state index in [9.17, 15) is 4.79 Å². The number of carbonyl (C=O) groups excluding carboxylic acids is 1. The SMILES string of the molecule is COc1cc(C)c(CC(C)=O)c(C)c1Cl. The quantitative estimate of drug-likeness (QED) is 0.792. The Morgan fingerprint density at radius 2 is 2.07 bits per heavy atom. The number of ketones is 1. The predicted octanol–water partition coefficient (Wildman–Crippen LogP) is 3.10. The Balaban J connectivity index is 3.29. The van der Waals surface area contributed by atoms with Gasteiger partial charge in [-0.1, -0.05) is 11.6 Å². The Morgan fingerprint density at radius 1 is 1.47 bits per heavy atom. The van der Waals surface area contributed by atoms with E-state index in [2.05, 4.69) is 0 Å². The number of benzene rings is 1. The van der Waals surface area contributed by atoms with Crippen LogP contribution in [-0.2, 0) is 11.2 Å². The maximum atomic E-state index is 11.1. The number of carbonyl (C=O) groups is 1. The normalized spacial score (nSPS) is 10.2. The molecule has 0 aromatic heterocycles. The van der Waals surface area contributed by atoms with Crippen LogP contribution in [0.2, 0.25) is 5.02 Å². The third-order valence-electron chi connectivity index (χ3n) is 2.47. The minimum atomic E-state index is 0.141. The molecule has 0 bridgehead atoms. The number of hydrogen-bond donors (Lipinski definition) is 0. The van der Waals surface area contributed by atoms with E-state index in [1.54, 1.807) is 14.0 Å². The molecule has 1 aromatic rings. The van der Waals surface area contributed by atoms with Crippen molar-refractivity contribution in [1.29, 1.82) is 0 Å². The van der Waals surface area contributed by atoms with Crippen LogP contribution >= 0.6 is 11.6 Å². The topological polar surface area (TPSA) is 26.3 Å². The van der Waals surface area contributed by atoms with Crippen molar-refractivity contribution in [2.24, 2.45) is 0 Å². The van der Waals surface area contributed by atoms with E-state index in [4.69, 9.17) is 16.3 Å². The lowest BCUT2D eigenvalue weighted by Crippen LogP contribution is -2.03. The molecule has 0 saturated carbocycles. The van der Waals surface area contributed by atoms with E-state index in [0.717, 1.165) is 16.7 Å². The van der Waals surface area contributed by atoms with Gasteiger partial charge in [0.1, 0.15) is 11.5 Å². The molecule has 0 spiro atoms. The van der Waals surface area contributed by atoms with Crippen molar-refractivity contribution in [2.45, 2.75) is 27.2 Å². The molecule has 1 rings (SSSR count). The van der Waals surface area contributed by atoms with Gasteiger partial charge in [-0.2, -0.15) is 0 Å². The maximum Gasteiger partial charge on any atom is 0.138 e. The van der Waals surface area contributed by atoms with Crippen molar-refractivity contribution < 1.29 is 9.53 Å². The van der Waals surface area contributed by atoms with Crippen LogP contribution in [0, 0.1) is 13.8 Å². The van der Waals surface area contributed by atoms with Crippen LogP contribution in [-0.4, -0.2) is 12.9 Å². The van der Waals surface area contributed by atoms with Crippen molar-refractivity contribution in [3.8, 4) is 5.75 Å². The highest BCUT2D eigenvalue weighted by Gasteiger charge is 2.13. The largest absolute Gasteiger partial charge is 0.495 e. The average Bonchev–Trinajstić information content (AvgIpc) is 2.18. The van der Waals surface area contributed by atoms with Gasteiger partial charge in [0.2, 0.25) is 0 Å². The van der Waals surface area contributed by atoms with Crippen LogP contribution in [0.15, 0.2) is 6.07 Å². The molecule has 0 fully saturated rings. The summed E-state index contributed by atoms with van der Waals surface area (Å²) in [6, 6.07) is 1.87. The van der Waals surface area contributed by atoms with E-state index < -0.39 is 0 Å². The second kappa shape index (κ2) is 4.67. The first kappa shape index (κ1) is 12.1. The number of ether oxygens (including phenoxy) is 1. The molecule has 3 heteroatoms. The molecule has 0 atom stereocenters. The molecule has 82 valence electrons. The fraction of sp³-hybridized carbons (Fsp3) is 0.417. The fourth-order valence-corrected chi connectivity index (χ4v) is 1.88. The molecule has 0 amide bonds. The Bertz CT molecular complexity index is 397. The first-order valence-electron chi connectivity index (χ1n) is 4.79. The van der Waals surface area contributed by atoms with Crippen molar-refractivity contribution in [2.75, 3.05) is 7.11 Å². The Labute approximate surface area is 95.2 Å². The number of methoxy groups -OCH3 is 1. The van der Waals surface area contributed by atoms with Gasteiger partial charge in [-0.15, -0.1) is 0 Å². The van der Waals surface area contributed by atoms with Gasteiger partial charge >= 0.3 is 0 Å². The number of aryl methyl sites for hydroxylation is 1. The van der Waals surface area contributed by atoms with Gasteiger partial charge in [-0.05, 0) is 43.5 Å². The molecular formula is C12H15ClO2. The van der Waals surface area contributed by atoms with Crippen LogP contribution < -0.4 is 4.74 Å². The molecule has 0 aliphatic rings. The summed E-state index contributed by atoms with van der Waals surface area (Å²) in [5.74, 6) is 0.807. The molecule has 1 aromatic carbocycles. The smallest absolute Gasteiger partial charge is 0.138 e. The lowest BCUT2D eigenvalue weighted by molar-refractivity contribution is -0.116. The molecule has 0 unspecified atom stereocenters. The van der Waals surface area contributed by atoms with E-state index >= 15 is 0 Å². The highest BCUT2D eigenvalue weighted by molar-refractivity contribution is 6.33. The lowest BCUT2D eigenvalue weighted by Gasteiger charge is -2.13. The van der Waals surface area contributed by atoms with Gasteiger partial charge in [0.25, 0.3) is 0 Å². The summed E-state index contributed by atoms with van der Waals surface area (Å²) >= 11 is 6.12. The summed E-state index contributed by atoms with van der Waals surface area (Å²) in [5.41, 5.74) is 2.99. The molecule has 2 nitrogen and oxygen atoms in total. The van der Waals surface area contributed by atoms with Crippen LogP contribution in [0.1, 0.15) is 23.6 Å². The average molecular weight is 227 g/mol. The molecule has 0 aliphatic heterocycles. The monoisotopic (exact) mass is 226 g/mol. The first-order valence-corrected chi connectivity index (χ1v) is 5.17. The molecular weight excluding hydrogens is 212 g/mol. The zero-order valence-corrected chi connectivity index (χ0v) is 10.2. The minimum Gasteiger partial charge on any atom is -0.495 e. The van der Waals surface area contributed by atoms with Crippen LogP contribution in [0.5, 0.6) is 5.75 Å². The van der Waals surface area contributed by atoms with E-state index in [0.29, 0.717) is 17.2 Å². The number of rotatable bonds is 3. The lowest BCUT2D eigenvalue weighted by atomic mass is 9.98. The zero-order chi connectivity index (χ0) is 11.6. The molecule has 0 heterocycles. The summed E-state index contributed by atoms with van der Waals surface area (Å²) in [6.45, 7) is 5.46. The van der Waals surface area contributed by atoms with Crippen LogP contribution in [0.25, 0.3) is 0 Å². The van der Waals surface area contributed by atoms with E-state index in [1.807, 2.05) is 19.9 Å². The second-order valence-corrected chi connectivity index (χ2v) is 4.07. The third-order valence-corrected chi connectivity index (χ3v) is 2.94. The van der Waals surface area contributed by atoms with Crippen molar-refractivity contribution >= 4 is 17.4 Å². The highest BCUT2D eigenvalue weighted by Crippen LogP contribution is 2.32. The maximum absolute atomic E-state index is 11.1.